The molecule has 1 aromatic carbocycles. The highest BCUT2D eigenvalue weighted by Gasteiger charge is 2.32. The fourth-order valence-corrected chi connectivity index (χ4v) is 4.30. The Balaban J connectivity index is 1.74. The first-order chi connectivity index (χ1) is 12.6. The van der Waals surface area contributed by atoms with Gasteiger partial charge in [-0.05, 0) is 30.2 Å². The number of nitrogens with zero attached hydrogens (tertiary/aromatic N) is 1. The molecule has 2 aromatic heterocycles. The molecule has 4 rings (SSSR count). The van der Waals surface area contributed by atoms with Crippen LogP contribution in [0.25, 0.3) is 11.0 Å². The molecule has 0 aliphatic carbocycles. The lowest BCUT2D eigenvalue weighted by molar-refractivity contribution is -0.932. The predicted molar refractivity (Wildman–Crippen MR) is 100 cm³/mol. The molecule has 1 saturated heterocycles. The number of benzene rings is 1. The zero-order chi connectivity index (χ0) is 18.3. The van der Waals surface area contributed by atoms with E-state index in [9.17, 15) is 9.90 Å². The molecule has 0 spiro atoms. The summed E-state index contributed by atoms with van der Waals surface area (Å²) in [5, 5.41) is 11.0. The summed E-state index contributed by atoms with van der Waals surface area (Å²) in [4.78, 5) is 13.5. The average Bonchev–Trinajstić information content (AvgIpc) is 3.22. The second-order valence-electron chi connectivity index (χ2n) is 7.25. The maximum absolute atomic E-state index is 12.0. The summed E-state index contributed by atoms with van der Waals surface area (Å²) in [5.74, 6) is 0.190. The lowest BCUT2D eigenvalue weighted by atomic mass is 10.0. The topological polar surface area (TPSA) is 59.8 Å². The van der Waals surface area contributed by atoms with Gasteiger partial charge in [-0.15, -0.1) is 0 Å². The van der Waals surface area contributed by atoms with Crippen molar-refractivity contribution in [3.8, 4) is 5.75 Å². The molecular weight excluding hydrogens is 328 g/mol. The number of fused-ring (bicyclic) bond motifs is 1. The van der Waals surface area contributed by atoms with Crippen LogP contribution in [0.15, 0.2) is 45.7 Å². The number of quaternary nitrogens is 1. The van der Waals surface area contributed by atoms with Crippen LogP contribution in [0.5, 0.6) is 5.75 Å². The minimum Gasteiger partial charge on any atom is -0.508 e. The third-order valence-electron chi connectivity index (χ3n) is 5.65. The van der Waals surface area contributed by atoms with Crippen molar-refractivity contribution in [2.24, 2.45) is 7.05 Å². The summed E-state index contributed by atoms with van der Waals surface area (Å²) >= 11 is 0. The Hall–Kier alpha value is -2.53. The van der Waals surface area contributed by atoms with Crippen molar-refractivity contribution < 1.29 is 14.4 Å². The van der Waals surface area contributed by atoms with Gasteiger partial charge in [0.15, 0.2) is 0 Å². The minimum atomic E-state index is -0.356. The molecule has 0 amide bonds. The first kappa shape index (κ1) is 16.9. The Kier molecular flexibility index (Phi) is 4.32. The summed E-state index contributed by atoms with van der Waals surface area (Å²) in [6.45, 7) is 3.89. The monoisotopic (exact) mass is 353 g/mol. The third kappa shape index (κ3) is 2.92. The van der Waals surface area contributed by atoms with Gasteiger partial charge in [0.25, 0.3) is 0 Å². The van der Waals surface area contributed by atoms with E-state index < -0.39 is 0 Å². The van der Waals surface area contributed by atoms with E-state index in [-0.39, 0.29) is 11.4 Å². The Morgan fingerprint density at radius 3 is 2.88 bits per heavy atom. The Bertz CT molecular complexity index is 1000. The van der Waals surface area contributed by atoms with Gasteiger partial charge >= 0.3 is 5.63 Å². The third-order valence-corrected chi connectivity index (χ3v) is 5.65. The molecule has 0 saturated carbocycles. The fraction of sp³-hybridized carbons (Fsp3) is 0.381. The molecule has 2 N–H and O–H groups in total. The number of likely N-dealkylation sites (tertiary alicyclic amines) is 1. The van der Waals surface area contributed by atoms with Crippen LogP contribution < -0.4 is 10.5 Å². The van der Waals surface area contributed by atoms with Crippen LogP contribution in [-0.2, 0) is 20.0 Å². The van der Waals surface area contributed by atoms with Crippen molar-refractivity contribution >= 4 is 11.0 Å². The van der Waals surface area contributed by atoms with Gasteiger partial charge in [0.2, 0.25) is 0 Å². The molecule has 0 bridgehead atoms. The van der Waals surface area contributed by atoms with Gasteiger partial charge in [0, 0.05) is 49.2 Å². The van der Waals surface area contributed by atoms with E-state index in [2.05, 4.69) is 29.9 Å². The second-order valence-corrected chi connectivity index (χ2v) is 7.25. The molecule has 1 fully saturated rings. The number of phenolic OH excluding ortho intramolecular Hbond substituents is 1. The number of phenols is 1. The summed E-state index contributed by atoms with van der Waals surface area (Å²) < 4.78 is 7.53. The number of hydrogen-bond donors (Lipinski definition) is 2. The number of aromatic hydroxyl groups is 1. The normalized spacial score (nSPS) is 20.1. The van der Waals surface area contributed by atoms with Crippen LogP contribution >= 0.6 is 0 Å². The van der Waals surface area contributed by atoms with E-state index in [4.69, 9.17) is 4.42 Å². The lowest BCUT2D eigenvalue weighted by Crippen LogP contribution is -3.09. The zero-order valence-corrected chi connectivity index (χ0v) is 15.3. The van der Waals surface area contributed by atoms with Gasteiger partial charge in [0.05, 0.1) is 12.2 Å². The second kappa shape index (κ2) is 6.65. The molecule has 5 heteroatoms. The van der Waals surface area contributed by atoms with Gasteiger partial charge in [-0.2, -0.15) is 0 Å². The highest BCUT2D eigenvalue weighted by atomic mass is 16.4. The highest BCUT2D eigenvalue weighted by molar-refractivity contribution is 5.82. The number of hydrogen-bond acceptors (Lipinski definition) is 3. The van der Waals surface area contributed by atoms with E-state index in [1.807, 2.05) is 13.0 Å². The molecule has 1 unspecified atom stereocenters. The molecule has 26 heavy (non-hydrogen) atoms. The Morgan fingerprint density at radius 1 is 1.31 bits per heavy atom. The quantitative estimate of drug-likeness (QED) is 0.708. The molecule has 5 nitrogen and oxygen atoms in total. The molecule has 2 atom stereocenters. The maximum atomic E-state index is 12.0. The first-order valence-electron chi connectivity index (χ1n) is 9.31. The van der Waals surface area contributed by atoms with E-state index in [1.54, 1.807) is 12.1 Å². The lowest BCUT2D eigenvalue weighted by Gasteiger charge is -2.22. The van der Waals surface area contributed by atoms with Crippen LogP contribution in [0.3, 0.4) is 0 Å². The molecule has 3 heterocycles. The molecule has 1 aliphatic heterocycles. The van der Waals surface area contributed by atoms with Crippen molar-refractivity contribution in [2.45, 2.75) is 38.8 Å². The summed E-state index contributed by atoms with van der Waals surface area (Å²) in [5.41, 5.74) is 3.34. The number of rotatable bonds is 4. The van der Waals surface area contributed by atoms with Gasteiger partial charge in [-0.1, -0.05) is 6.92 Å². The summed E-state index contributed by atoms with van der Waals surface area (Å²) in [7, 11) is 2.09. The average molecular weight is 353 g/mol. The Morgan fingerprint density at radius 2 is 2.15 bits per heavy atom. The minimum absolute atomic E-state index is 0.190. The van der Waals surface area contributed by atoms with E-state index in [0.717, 1.165) is 42.4 Å². The SMILES string of the molecule is CCc1cc2c(C[NH+]3CCC[C@H]3c3cccn3C)cc(=O)oc2cc1O. The molecule has 1 aliphatic rings. The number of aryl methyl sites for hydroxylation is 2. The number of nitrogens with one attached hydrogen (secondary N) is 1. The van der Waals surface area contributed by atoms with Crippen molar-refractivity contribution in [1.82, 2.24) is 4.57 Å². The van der Waals surface area contributed by atoms with Crippen LogP contribution in [0, 0.1) is 0 Å². The molecular formula is C21H25N2O3+. The van der Waals surface area contributed by atoms with E-state index >= 15 is 0 Å². The fourth-order valence-electron chi connectivity index (χ4n) is 4.30. The van der Waals surface area contributed by atoms with Crippen LogP contribution in [0.2, 0.25) is 0 Å². The van der Waals surface area contributed by atoms with Crippen LogP contribution in [0.4, 0.5) is 0 Å². The summed E-state index contributed by atoms with van der Waals surface area (Å²) in [6.07, 6.45) is 5.18. The van der Waals surface area contributed by atoms with Crippen molar-refractivity contribution in [3.05, 3.63) is 63.8 Å². The molecule has 136 valence electrons. The van der Waals surface area contributed by atoms with Crippen molar-refractivity contribution in [1.29, 1.82) is 0 Å². The maximum Gasteiger partial charge on any atom is 0.336 e. The summed E-state index contributed by atoms with van der Waals surface area (Å²) in [6, 6.07) is 9.89. The van der Waals surface area contributed by atoms with Crippen LogP contribution in [0.1, 0.15) is 42.6 Å². The largest absolute Gasteiger partial charge is 0.508 e. The van der Waals surface area contributed by atoms with Gasteiger partial charge < -0.3 is 19.0 Å². The number of aromatic nitrogens is 1. The Labute approximate surface area is 152 Å². The molecule has 3 aromatic rings. The van der Waals surface area contributed by atoms with Crippen molar-refractivity contribution in [3.63, 3.8) is 0 Å². The van der Waals surface area contributed by atoms with Crippen molar-refractivity contribution in [2.75, 3.05) is 6.54 Å². The smallest absolute Gasteiger partial charge is 0.336 e. The van der Waals surface area contributed by atoms with Crippen LogP contribution in [-0.4, -0.2) is 16.2 Å². The van der Waals surface area contributed by atoms with Gasteiger partial charge in [0.1, 0.15) is 23.9 Å². The van der Waals surface area contributed by atoms with Gasteiger partial charge in [-0.25, -0.2) is 4.79 Å². The highest BCUT2D eigenvalue weighted by Crippen LogP contribution is 2.27. The predicted octanol–water partition coefficient (Wildman–Crippen LogP) is 2.32. The first-order valence-corrected chi connectivity index (χ1v) is 9.31. The zero-order valence-electron chi connectivity index (χ0n) is 15.3. The van der Waals surface area contributed by atoms with E-state index in [0.29, 0.717) is 11.6 Å². The standard InChI is InChI=1S/C21H24N2O3/c1-3-14-10-16-15(11-21(25)26-20(16)12-19(14)24)13-23-9-5-7-18(23)17-6-4-8-22(17)2/h4,6,8,10-12,18,24H,3,5,7,9,13H2,1-2H3/p+1/t18-/m0/s1. The molecule has 0 radical (unpaired) electrons. The van der Waals surface area contributed by atoms with E-state index in [1.165, 1.54) is 17.0 Å². The van der Waals surface area contributed by atoms with Gasteiger partial charge in [-0.3, -0.25) is 0 Å².